The molecule has 1 heterocycles. The van der Waals surface area contributed by atoms with Crippen LogP contribution in [0.15, 0.2) is 22.7 Å². The van der Waals surface area contributed by atoms with Crippen LogP contribution in [-0.4, -0.2) is 32.3 Å². The largest absolute Gasteiger partial charge is 0.375 e. The molecule has 1 aromatic rings. The number of hydrogen-bond donors (Lipinski definition) is 1. The minimum absolute atomic E-state index is 0.312. The zero-order valence-corrected chi connectivity index (χ0v) is 13.4. The number of nitrogens with one attached hydrogen (secondary N) is 1. The summed E-state index contributed by atoms with van der Waals surface area (Å²) < 4.78 is 6.77. The second kappa shape index (κ2) is 7.27. The Balaban J connectivity index is 2.02. The Hall–Kier alpha value is -0.580. The lowest BCUT2D eigenvalue weighted by Gasteiger charge is -2.33. The summed E-state index contributed by atoms with van der Waals surface area (Å²) >= 11 is 3.70. The van der Waals surface area contributed by atoms with Gasteiger partial charge < -0.3 is 15.0 Å². The van der Waals surface area contributed by atoms with Crippen LogP contribution < -0.4 is 10.2 Å². The number of nitrogens with zero attached hydrogens (tertiary/aromatic N) is 1. The molecule has 0 spiro atoms. The maximum atomic E-state index is 5.59. The van der Waals surface area contributed by atoms with E-state index in [0.717, 1.165) is 32.8 Å². The molecule has 1 N–H and O–H groups in total. The summed E-state index contributed by atoms with van der Waals surface area (Å²) in [6.45, 7) is 9.07. The molecule has 19 heavy (non-hydrogen) atoms. The Kier molecular flexibility index (Phi) is 5.67. The fourth-order valence-corrected chi connectivity index (χ4v) is 3.04. The van der Waals surface area contributed by atoms with Crippen molar-refractivity contribution >= 4 is 21.6 Å². The summed E-state index contributed by atoms with van der Waals surface area (Å²) in [4.78, 5) is 2.39. The van der Waals surface area contributed by atoms with Gasteiger partial charge in [0.15, 0.2) is 0 Å². The third-order valence-corrected chi connectivity index (χ3v) is 3.98. The summed E-state index contributed by atoms with van der Waals surface area (Å²) in [6, 6.07) is 6.64. The van der Waals surface area contributed by atoms with Crippen LogP contribution in [-0.2, 0) is 11.3 Å². The molecule has 3 nitrogen and oxygen atoms in total. The first-order valence-corrected chi connectivity index (χ1v) is 7.85. The van der Waals surface area contributed by atoms with Gasteiger partial charge in [0.2, 0.25) is 0 Å². The van der Waals surface area contributed by atoms with Gasteiger partial charge in [0, 0.05) is 24.1 Å². The summed E-state index contributed by atoms with van der Waals surface area (Å²) in [5.41, 5.74) is 2.60. The second-order valence-electron chi connectivity index (χ2n) is 5.09. The monoisotopic (exact) mass is 326 g/mol. The zero-order chi connectivity index (χ0) is 13.7. The third kappa shape index (κ3) is 4.20. The van der Waals surface area contributed by atoms with Crippen LogP contribution >= 0.6 is 15.9 Å². The van der Waals surface area contributed by atoms with Crippen molar-refractivity contribution in [3.8, 4) is 0 Å². The first kappa shape index (κ1) is 14.8. The van der Waals surface area contributed by atoms with Crippen molar-refractivity contribution in [2.75, 3.05) is 31.1 Å². The van der Waals surface area contributed by atoms with Crippen molar-refractivity contribution in [1.29, 1.82) is 0 Å². The van der Waals surface area contributed by atoms with E-state index in [9.17, 15) is 0 Å². The summed E-state index contributed by atoms with van der Waals surface area (Å²) in [6.07, 6.45) is 1.48. The molecule has 1 aromatic carbocycles. The molecule has 1 aliphatic heterocycles. The van der Waals surface area contributed by atoms with Gasteiger partial charge in [-0.15, -0.1) is 0 Å². The van der Waals surface area contributed by atoms with E-state index in [4.69, 9.17) is 4.74 Å². The maximum Gasteiger partial charge on any atom is 0.0722 e. The second-order valence-corrected chi connectivity index (χ2v) is 5.94. The Labute approximate surface area is 124 Å². The number of morpholine rings is 1. The Morgan fingerprint density at radius 3 is 3.00 bits per heavy atom. The third-order valence-electron chi connectivity index (χ3n) is 3.35. The number of halogens is 1. The minimum atomic E-state index is 0.312. The average molecular weight is 327 g/mol. The van der Waals surface area contributed by atoms with Crippen LogP contribution in [0.1, 0.15) is 25.8 Å². The van der Waals surface area contributed by atoms with Gasteiger partial charge in [-0.3, -0.25) is 0 Å². The maximum absolute atomic E-state index is 5.59. The molecule has 1 unspecified atom stereocenters. The molecule has 0 bridgehead atoms. The summed E-state index contributed by atoms with van der Waals surface area (Å²) in [5.74, 6) is 0. The molecule has 0 amide bonds. The summed E-state index contributed by atoms with van der Waals surface area (Å²) in [5, 5.41) is 3.43. The van der Waals surface area contributed by atoms with Gasteiger partial charge in [0.1, 0.15) is 0 Å². The van der Waals surface area contributed by atoms with Crippen molar-refractivity contribution in [3.05, 3.63) is 28.2 Å². The van der Waals surface area contributed by atoms with Crippen molar-refractivity contribution < 1.29 is 4.74 Å². The molecule has 0 saturated carbocycles. The normalized spacial score (nSPS) is 19.7. The van der Waals surface area contributed by atoms with E-state index in [0.29, 0.717) is 6.10 Å². The van der Waals surface area contributed by atoms with Crippen molar-refractivity contribution in [1.82, 2.24) is 5.32 Å². The molecule has 4 heteroatoms. The molecular formula is C15H23BrN2O. The smallest absolute Gasteiger partial charge is 0.0722 e. The molecular weight excluding hydrogens is 304 g/mol. The number of hydrogen-bond acceptors (Lipinski definition) is 3. The summed E-state index contributed by atoms with van der Waals surface area (Å²) in [7, 11) is 0. The van der Waals surface area contributed by atoms with E-state index < -0.39 is 0 Å². The SMILES string of the molecule is CCCNCc1ccc(N2CCOC(C)C2)c(Br)c1. The van der Waals surface area contributed by atoms with Crippen LogP contribution in [0.2, 0.25) is 0 Å². The van der Waals surface area contributed by atoms with Crippen LogP contribution in [0.5, 0.6) is 0 Å². The highest BCUT2D eigenvalue weighted by Gasteiger charge is 2.18. The van der Waals surface area contributed by atoms with Gasteiger partial charge in [0.05, 0.1) is 18.4 Å². The average Bonchev–Trinajstić information content (AvgIpc) is 2.39. The molecule has 1 atom stereocenters. The number of ether oxygens (including phenoxy) is 1. The van der Waals surface area contributed by atoms with E-state index in [-0.39, 0.29) is 0 Å². The molecule has 0 radical (unpaired) electrons. The minimum Gasteiger partial charge on any atom is -0.375 e. The molecule has 1 fully saturated rings. The Morgan fingerprint density at radius 1 is 1.47 bits per heavy atom. The molecule has 0 aromatic heterocycles. The standard InChI is InChI=1S/C15H23BrN2O/c1-3-6-17-10-13-4-5-15(14(16)9-13)18-7-8-19-12(2)11-18/h4-5,9,12,17H,3,6-8,10-11H2,1-2H3. The highest BCUT2D eigenvalue weighted by Crippen LogP contribution is 2.28. The van der Waals surface area contributed by atoms with E-state index in [1.165, 1.54) is 22.1 Å². The van der Waals surface area contributed by atoms with Gasteiger partial charge in [-0.05, 0) is 53.5 Å². The first-order valence-electron chi connectivity index (χ1n) is 7.06. The molecule has 2 rings (SSSR count). The zero-order valence-electron chi connectivity index (χ0n) is 11.8. The Morgan fingerprint density at radius 2 is 2.32 bits per heavy atom. The van der Waals surface area contributed by atoms with Crippen molar-refractivity contribution in [2.45, 2.75) is 32.9 Å². The predicted octanol–water partition coefficient (Wildman–Crippen LogP) is 3.17. The lowest BCUT2D eigenvalue weighted by atomic mass is 10.1. The molecule has 106 valence electrons. The van der Waals surface area contributed by atoms with Crippen molar-refractivity contribution in [3.63, 3.8) is 0 Å². The van der Waals surface area contributed by atoms with E-state index in [2.05, 4.69) is 58.2 Å². The van der Waals surface area contributed by atoms with Gasteiger partial charge in [-0.25, -0.2) is 0 Å². The van der Waals surface area contributed by atoms with Crippen LogP contribution in [0.3, 0.4) is 0 Å². The van der Waals surface area contributed by atoms with Gasteiger partial charge >= 0.3 is 0 Å². The number of rotatable bonds is 5. The molecule has 1 saturated heterocycles. The van der Waals surface area contributed by atoms with Gasteiger partial charge in [-0.2, -0.15) is 0 Å². The van der Waals surface area contributed by atoms with Crippen LogP contribution in [0, 0.1) is 0 Å². The highest BCUT2D eigenvalue weighted by atomic mass is 79.9. The fraction of sp³-hybridized carbons (Fsp3) is 0.600. The van der Waals surface area contributed by atoms with Crippen molar-refractivity contribution in [2.24, 2.45) is 0 Å². The highest BCUT2D eigenvalue weighted by molar-refractivity contribution is 9.10. The van der Waals surface area contributed by atoms with Gasteiger partial charge in [-0.1, -0.05) is 13.0 Å². The topological polar surface area (TPSA) is 24.5 Å². The lowest BCUT2D eigenvalue weighted by Crippen LogP contribution is -2.41. The number of anilines is 1. The number of benzene rings is 1. The lowest BCUT2D eigenvalue weighted by molar-refractivity contribution is 0.0532. The molecule has 0 aliphatic carbocycles. The predicted molar refractivity (Wildman–Crippen MR) is 83.8 cm³/mol. The quantitative estimate of drug-likeness (QED) is 0.841. The van der Waals surface area contributed by atoms with E-state index in [1.807, 2.05) is 0 Å². The Bertz CT molecular complexity index is 411. The molecule has 1 aliphatic rings. The first-order chi connectivity index (χ1) is 9.20. The van der Waals surface area contributed by atoms with E-state index in [1.54, 1.807) is 0 Å². The fourth-order valence-electron chi connectivity index (χ4n) is 2.36. The van der Waals surface area contributed by atoms with Gasteiger partial charge in [0.25, 0.3) is 0 Å². The van der Waals surface area contributed by atoms with E-state index >= 15 is 0 Å². The van der Waals surface area contributed by atoms with Crippen LogP contribution in [0.4, 0.5) is 5.69 Å². The van der Waals surface area contributed by atoms with Crippen LogP contribution in [0.25, 0.3) is 0 Å².